The zero-order valence-electron chi connectivity index (χ0n) is 11.6. The lowest BCUT2D eigenvalue weighted by Crippen LogP contribution is -2.41. The van der Waals surface area contributed by atoms with Crippen molar-refractivity contribution in [3.05, 3.63) is 17.8 Å². The summed E-state index contributed by atoms with van der Waals surface area (Å²) in [7, 11) is -0.719. The molecule has 5 nitrogen and oxygen atoms in total. The Balaban J connectivity index is 2.35. The van der Waals surface area contributed by atoms with Crippen LogP contribution in [0.4, 0.5) is 0 Å². The van der Waals surface area contributed by atoms with Crippen molar-refractivity contribution in [1.29, 1.82) is 5.26 Å². The summed E-state index contributed by atoms with van der Waals surface area (Å²) in [6.07, 6.45) is 1.67. The molecule has 0 amide bonds. The Labute approximate surface area is 113 Å². The Morgan fingerprint density at radius 3 is 2.42 bits per heavy atom. The van der Waals surface area contributed by atoms with E-state index in [1.54, 1.807) is 12.3 Å². The van der Waals surface area contributed by atoms with Crippen molar-refractivity contribution in [1.82, 2.24) is 4.98 Å². The van der Waals surface area contributed by atoms with E-state index in [1.807, 2.05) is 33.8 Å². The minimum Gasteiger partial charge on any atom is -0.506 e. The summed E-state index contributed by atoms with van der Waals surface area (Å²) in [4.78, 5) is 4.12. The van der Waals surface area contributed by atoms with Gasteiger partial charge in [-0.1, -0.05) is 0 Å². The quantitative estimate of drug-likeness (QED) is 0.807. The first-order chi connectivity index (χ1) is 8.78. The molecule has 0 aromatic carbocycles. The standard InChI is InChI=1S/C13H17BN2O3/c1-12(2)13(3,4)19-14(18-12)11-10(17)9(5-7-15)6-8-16-11/h6,8,17H,5H2,1-4H3. The normalized spacial score (nSPS) is 20.3. The molecule has 0 unspecified atom stereocenters. The van der Waals surface area contributed by atoms with Gasteiger partial charge >= 0.3 is 7.12 Å². The fraction of sp³-hybridized carbons (Fsp3) is 0.538. The molecule has 1 aromatic heterocycles. The molecule has 1 N–H and O–H groups in total. The second kappa shape index (κ2) is 4.51. The fourth-order valence-electron chi connectivity index (χ4n) is 1.87. The van der Waals surface area contributed by atoms with Gasteiger partial charge in [0.2, 0.25) is 0 Å². The molecule has 0 aliphatic carbocycles. The van der Waals surface area contributed by atoms with Crippen LogP contribution in [0.15, 0.2) is 12.3 Å². The number of aromatic hydroxyl groups is 1. The van der Waals surface area contributed by atoms with Gasteiger partial charge in [0.25, 0.3) is 0 Å². The van der Waals surface area contributed by atoms with Crippen molar-refractivity contribution in [2.24, 2.45) is 0 Å². The summed E-state index contributed by atoms with van der Waals surface area (Å²) in [6, 6.07) is 3.62. The van der Waals surface area contributed by atoms with E-state index in [9.17, 15) is 5.11 Å². The molecular formula is C13H17BN2O3. The average molecular weight is 260 g/mol. The molecule has 1 aliphatic heterocycles. The van der Waals surface area contributed by atoms with E-state index < -0.39 is 18.3 Å². The molecule has 1 aliphatic rings. The van der Waals surface area contributed by atoms with Crippen LogP contribution < -0.4 is 5.59 Å². The van der Waals surface area contributed by atoms with Crippen LogP contribution in [-0.2, 0) is 15.7 Å². The van der Waals surface area contributed by atoms with E-state index in [-0.39, 0.29) is 12.2 Å². The Hall–Kier alpha value is -1.58. The zero-order valence-corrected chi connectivity index (χ0v) is 11.6. The average Bonchev–Trinajstić information content (AvgIpc) is 2.51. The smallest absolute Gasteiger partial charge is 0.506 e. The van der Waals surface area contributed by atoms with Crippen LogP contribution in [0.25, 0.3) is 0 Å². The van der Waals surface area contributed by atoms with E-state index in [0.717, 1.165) is 0 Å². The van der Waals surface area contributed by atoms with Crippen molar-refractivity contribution in [2.45, 2.75) is 45.3 Å². The summed E-state index contributed by atoms with van der Waals surface area (Å²) in [5, 5.41) is 18.9. The van der Waals surface area contributed by atoms with Gasteiger partial charge in [-0.05, 0) is 33.8 Å². The van der Waals surface area contributed by atoms with Crippen molar-refractivity contribution in [3.63, 3.8) is 0 Å². The van der Waals surface area contributed by atoms with Crippen LogP contribution in [0.1, 0.15) is 33.3 Å². The van der Waals surface area contributed by atoms with Crippen molar-refractivity contribution < 1.29 is 14.4 Å². The van der Waals surface area contributed by atoms with Gasteiger partial charge in [-0.25, -0.2) is 0 Å². The van der Waals surface area contributed by atoms with Gasteiger partial charge in [-0.3, -0.25) is 4.98 Å². The van der Waals surface area contributed by atoms with Crippen LogP contribution in [0, 0.1) is 11.3 Å². The molecule has 2 heterocycles. The van der Waals surface area contributed by atoms with E-state index in [2.05, 4.69) is 4.98 Å². The lowest BCUT2D eigenvalue weighted by Gasteiger charge is -2.32. The molecule has 2 rings (SSSR count). The monoisotopic (exact) mass is 260 g/mol. The summed E-state index contributed by atoms with van der Waals surface area (Å²) >= 11 is 0. The maximum atomic E-state index is 10.1. The highest BCUT2D eigenvalue weighted by Crippen LogP contribution is 2.37. The number of rotatable bonds is 2. The third kappa shape index (κ3) is 2.31. The highest BCUT2D eigenvalue weighted by atomic mass is 16.7. The summed E-state index contributed by atoms with van der Waals surface area (Å²) in [6.45, 7) is 7.73. The molecule has 0 radical (unpaired) electrons. The molecule has 1 fully saturated rings. The first-order valence-electron chi connectivity index (χ1n) is 6.18. The highest BCUT2D eigenvalue weighted by molar-refractivity contribution is 6.62. The van der Waals surface area contributed by atoms with Gasteiger partial charge < -0.3 is 14.4 Å². The predicted octanol–water partition coefficient (Wildman–Crippen LogP) is 1.15. The lowest BCUT2D eigenvalue weighted by molar-refractivity contribution is 0.00578. The summed E-state index contributed by atoms with van der Waals surface area (Å²) in [5.41, 5.74) is -0.123. The first kappa shape index (κ1) is 13.8. The van der Waals surface area contributed by atoms with Gasteiger partial charge in [0, 0.05) is 11.8 Å². The van der Waals surface area contributed by atoms with E-state index >= 15 is 0 Å². The molecular weight excluding hydrogens is 243 g/mol. The largest absolute Gasteiger partial charge is 0.518 e. The van der Waals surface area contributed by atoms with Crippen LogP contribution in [-0.4, -0.2) is 28.4 Å². The van der Waals surface area contributed by atoms with E-state index in [4.69, 9.17) is 14.6 Å². The number of nitrogens with zero attached hydrogens (tertiary/aromatic N) is 2. The van der Waals surface area contributed by atoms with Crippen LogP contribution in [0.2, 0.25) is 0 Å². The van der Waals surface area contributed by atoms with Crippen molar-refractivity contribution in [2.75, 3.05) is 0 Å². The van der Waals surface area contributed by atoms with Crippen molar-refractivity contribution in [3.8, 4) is 11.8 Å². The van der Waals surface area contributed by atoms with Gasteiger partial charge in [0.1, 0.15) is 11.3 Å². The van der Waals surface area contributed by atoms with Gasteiger partial charge in [0.05, 0.1) is 23.7 Å². The zero-order chi connectivity index (χ0) is 14.3. The number of nitriles is 1. The fourth-order valence-corrected chi connectivity index (χ4v) is 1.87. The molecule has 0 bridgehead atoms. The highest BCUT2D eigenvalue weighted by Gasteiger charge is 2.53. The van der Waals surface area contributed by atoms with Crippen molar-refractivity contribution >= 4 is 12.7 Å². The molecule has 0 atom stereocenters. The Bertz CT molecular complexity index is 521. The molecule has 6 heteroatoms. The molecule has 0 saturated carbocycles. The van der Waals surface area contributed by atoms with E-state index in [0.29, 0.717) is 11.2 Å². The number of aromatic nitrogens is 1. The minimum absolute atomic E-state index is 0.0254. The maximum absolute atomic E-state index is 10.1. The van der Waals surface area contributed by atoms with Gasteiger partial charge in [0.15, 0.2) is 0 Å². The van der Waals surface area contributed by atoms with Crippen LogP contribution >= 0.6 is 0 Å². The first-order valence-corrected chi connectivity index (χ1v) is 6.18. The van der Waals surface area contributed by atoms with E-state index in [1.165, 1.54) is 0 Å². The lowest BCUT2D eigenvalue weighted by atomic mass is 9.82. The molecule has 19 heavy (non-hydrogen) atoms. The van der Waals surface area contributed by atoms with Gasteiger partial charge in [-0.2, -0.15) is 5.26 Å². The molecule has 0 spiro atoms. The third-order valence-electron chi connectivity index (χ3n) is 3.78. The SMILES string of the molecule is CC1(C)OB(c2nccc(CC#N)c2O)OC1(C)C. The number of hydrogen-bond donors (Lipinski definition) is 1. The molecule has 100 valence electrons. The van der Waals surface area contributed by atoms with Crippen LogP contribution in [0.5, 0.6) is 5.75 Å². The topological polar surface area (TPSA) is 75.4 Å². The second-order valence-electron chi connectivity index (χ2n) is 5.63. The Morgan fingerprint density at radius 1 is 1.32 bits per heavy atom. The molecule has 1 aromatic rings. The van der Waals surface area contributed by atoms with Crippen LogP contribution in [0.3, 0.4) is 0 Å². The Kier molecular flexibility index (Phi) is 3.29. The summed E-state index contributed by atoms with van der Waals surface area (Å²) < 4.78 is 11.7. The second-order valence-corrected chi connectivity index (χ2v) is 5.63. The maximum Gasteiger partial charge on any atom is 0.518 e. The number of pyridine rings is 1. The number of hydrogen-bond acceptors (Lipinski definition) is 5. The molecule has 1 saturated heterocycles. The summed E-state index contributed by atoms with van der Waals surface area (Å²) in [5.74, 6) is -0.0254. The third-order valence-corrected chi connectivity index (χ3v) is 3.78. The van der Waals surface area contributed by atoms with Gasteiger partial charge in [-0.15, -0.1) is 0 Å². The Morgan fingerprint density at radius 2 is 1.89 bits per heavy atom. The predicted molar refractivity (Wildman–Crippen MR) is 70.9 cm³/mol. The minimum atomic E-state index is -0.719.